The van der Waals surface area contributed by atoms with Gasteiger partial charge in [-0.05, 0) is 63.2 Å². The van der Waals surface area contributed by atoms with Crippen LogP contribution >= 0.6 is 23.2 Å². The normalized spacial score (nSPS) is 15.0. The number of nitrogens with zero attached hydrogens (tertiary/aromatic N) is 1. The number of likely N-dealkylation sites (tertiary alicyclic amines) is 1. The molecule has 35 heavy (non-hydrogen) atoms. The van der Waals surface area contributed by atoms with Crippen LogP contribution in [0.5, 0.6) is 0 Å². The number of nitrogens with one attached hydrogen (secondary N) is 1. The Labute approximate surface area is 221 Å². The molecule has 1 aliphatic rings. The third-order valence-electron chi connectivity index (χ3n) is 6.28. The summed E-state index contributed by atoms with van der Waals surface area (Å²) in [5, 5.41) is 4.19. The number of piperidine rings is 1. The van der Waals surface area contributed by atoms with E-state index in [0.717, 1.165) is 32.4 Å². The fourth-order valence-corrected chi connectivity index (χ4v) is 4.66. The summed E-state index contributed by atoms with van der Waals surface area (Å²) >= 11 is 12.2. The molecule has 3 rings (SSSR count). The molecule has 1 aliphatic heterocycles. The highest BCUT2D eigenvalue weighted by atomic mass is 35.5. The summed E-state index contributed by atoms with van der Waals surface area (Å²) in [5.74, 6) is -0.141. The molecule has 0 spiro atoms. The van der Waals surface area contributed by atoms with Gasteiger partial charge in [-0.2, -0.15) is 0 Å². The molecule has 1 amide bonds. The van der Waals surface area contributed by atoms with Crippen LogP contribution in [0.2, 0.25) is 10.0 Å². The predicted octanol–water partition coefficient (Wildman–Crippen LogP) is 6.60. The molecule has 2 aromatic carbocycles. The Bertz CT molecular complexity index is 853. The van der Waals surface area contributed by atoms with E-state index in [-0.39, 0.29) is 17.4 Å². The van der Waals surface area contributed by atoms with Crippen molar-refractivity contribution < 1.29 is 14.4 Å². The summed E-state index contributed by atoms with van der Waals surface area (Å²) in [7, 11) is 2.15. The molecule has 194 valence electrons. The molecule has 0 aromatic heterocycles. The maximum atomic E-state index is 13.0. The largest absolute Gasteiger partial charge is 0.348 e. The van der Waals surface area contributed by atoms with Crippen LogP contribution < -0.4 is 5.32 Å². The number of hydrogen-bond acceptors (Lipinski definition) is 4. The highest BCUT2D eigenvalue weighted by molar-refractivity contribution is 6.36. The smallest absolute Gasteiger partial charge is 0.253 e. The van der Waals surface area contributed by atoms with Crippen LogP contribution in [-0.2, 0) is 15.0 Å². The van der Waals surface area contributed by atoms with E-state index in [1.807, 2.05) is 19.6 Å². The molecule has 5 nitrogen and oxygen atoms in total. The number of benzene rings is 2. The van der Waals surface area contributed by atoms with Crippen molar-refractivity contribution in [3.63, 3.8) is 0 Å². The molecule has 1 atom stereocenters. The minimum absolute atomic E-state index is 0.0350. The van der Waals surface area contributed by atoms with E-state index in [4.69, 9.17) is 32.8 Å². The van der Waals surface area contributed by atoms with E-state index in [0.29, 0.717) is 15.6 Å². The molecule has 1 N–H and O–H groups in total. The zero-order valence-corrected chi connectivity index (χ0v) is 23.0. The molecule has 1 saturated heterocycles. The van der Waals surface area contributed by atoms with Crippen molar-refractivity contribution >= 4 is 42.7 Å². The first kappa shape index (κ1) is 32.8. The minimum Gasteiger partial charge on any atom is -0.348 e. The SMILES string of the molecule is C=O.C=O.CCC(NC(=O)c1ccc(Cl)cc1Cl)C1(c2ccccc2)CCN(C)CC1.CCCC. The number of unbranched alkanes of at least 4 members (excludes halogenated alkanes) is 1. The van der Waals surface area contributed by atoms with Gasteiger partial charge >= 0.3 is 0 Å². The zero-order valence-electron chi connectivity index (χ0n) is 21.5. The van der Waals surface area contributed by atoms with Gasteiger partial charge in [-0.25, -0.2) is 0 Å². The highest BCUT2D eigenvalue weighted by Gasteiger charge is 2.42. The molecular formula is C28H40Cl2N2O3. The Morgan fingerprint density at radius 1 is 0.971 bits per heavy atom. The van der Waals surface area contributed by atoms with Crippen LogP contribution in [0.1, 0.15) is 68.8 Å². The standard InChI is InChI=1S/C22H26Cl2N2O.C4H10.2CH2O/c1-3-20(25-21(27)18-10-9-17(23)15-19(18)24)22(11-13-26(2)14-12-22)16-7-5-4-6-8-16;1-3-4-2;2*1-2/h4-10,15,20H,3,11-14H2,1-2H3,(H,25,27);3-4H2,1-2H3;2*1H2. The van der Waals surface area contributed by atoms with Crippen molar-refractivity contribution in [2.45, 2.75) is 64.3 Å². The van der Waals surface area contributed by atoms with Crippen molar-refractivity contribution in [2.75, 3.05) is 20.1 Å². The van der Waals surface area contributed by atoms with Gasteiger partial charge in [0.25, 0.3) is 5.91 Å². The Morgan fingerprint density at radius 2 is 1.51 bits per heavy atom. The number of hydrogen-bond donors (Lipinski definition) is 1. The van der Waals surface area contributed by atoms with E-state index < -0.39 is 0 Å². The second-order valence-electron chi connectivity index (χ2n) is 8.38. The van der Waals surface area contributed by atoms with Crippen LogP contribution in [0.15, 0.2) is 48.5 Å². The van der Waals surface area contributed by atoms with Gasteiger partial charge in [0.15, 0.2) is 0 Å². The first-order valence-electron chi connectivity index (χ1n) is 12.0. The van der Waals surface area contributed by atoms with Crippen molar-refractivity contribution in [2.24, 2.45) is 0 Å². The topological polar surface area (TPSA) is 66.5 Å². The number of halogens is 2. The summed E-state index contributed by atoms with van der Waals surface area (Å²) in [5.41, 5.74) is 1.69. The Balaban J connectivity index is 0.00000129. The van der Waals surface area contributed by atoms with Gasteiger partial charge in [-0.1, -0.05) is 87.1 Å². The second-order valence-corrected chi connectivity index (χ2v) is 9.23. The number of carbonyl (C=O) groups is 3. The first-order valence-corrected chi connectivity index (χ1v) is 12.7. The van der Waals surface area contributed by atoms with Crippen LogP contribution in [-0.4, -0.2) is 50.6 Å². The van der Waals surface area contributed by atoms with Gasteiger partial charge in [0.1, 0.15) is 13.6 Å². The lowest BCUT2D eigenvalue weighted by molar-refractivity contribution is -0.0987. The maximum Gasteiger partial charge on any atom is 0.253 e. The van der Waals surface area contributed by atoms with E-state index >= 15 is 0 Å². The third-order valence-corrected chi connectivity index (χ3v) is 6.83. The van der Waals surface area contributed by atoms with Gasteiger partial charge in [0, 0.05) is 16.5 Å². The molecule has 2 aromatic rings. The van der Waals surface area contributed by atoms with Crippen molar-refractivity contribution in [1.29, 1.82) is 0 Å². The fourth-order valence-electron chi connectivity index (χ4n) is 4.17. The summed E-state index contributed by atoms with van der Waals surface area (Å²) < 4.78 is 0. The molecule has 1 fully saturated rings. The quantitative estimate of drug-likeness (QED) is 0.463. The summed E-state index contributed by atoms with van der Waals surface area (Å²) in [6, 6.07) is 15.6. The van der Waals surface area contributed by atoms with Gasteiger partial charge in [-0.15, -0.1) is 0 Å². The predicted molar refractivity (Wildman–Crippen MR) is 148 cm³/mol. The summed E-state index contributed by atoms with van der Waals surface area (Å²) in [6.45, 7) is 12.5. The third kappa shape index (κ3) is 9.75. The average Bonchev–Trinajstić information content (AvgIpc) is 2.91. The molecule has 0 aliphatic carbocycles. The van der Waals surface area contributed by atoms with E-state index in [1.165, 1.54) is 18.4 Å². The van der Waals surface area contributed by atoms with Gasteiger partial charge in [0.05, 0.1) is 10.6 Å². The average molecular weight is 524 g/mol. The van der Waals surface area contributed by atoms with Crippen molar-refractivity contribution in [1.82, 2.24) is 10.2 Å². The molecule has 0 saturated carbocycles. The van der Waals surface area contributed by atoms with Crippen molar-refractivity contribution in [3.8, 4) is 0 Å². The van der Waals surface area contributed by atoms with E-state index in [2.05, 4.69) is 62.3 Å². The highest BCUT2D eigenvalue weighted by Crippen LogP contribution is 2.40. The molecule has 1 unspecified atom stereocenters. The lowest BCUT2D eigenvalue weighted by Crippen LogP contribution is -2.55. The van der Waals surface area contributed by atoms with Crippen LogP contribution in [0.25, 0.3) is 0 Å². The zero-order chi connectivity index (χ0) is 26.9. The molecule has 0 bridgehead atoms. The molecular weight excluding hydrogens is 483 g/mol. The van der Waals surface area contributed by atoms with Gasteiger partial charge < -0.3 is 19.8 Å². The van der Waals surface area contributed by atoms with Gasteiger partial charge in [0.2, 0.25) is 0 Å². The Hall–Kier alpha value is -2.21. The van der Waals surface area contributed by atoms with Crippen LogP contribution in [0.3, 0.4) is 0 Å². The number of amides is 1. The van der Waals surface area contributed by atoms with Crippen LogP contribution in [0.4, 0.5) is 0 Å². The van der Waals surface area contributed by atoms with Gasteiger partial charge in [-0.3, -0.25) is 4.79 Å². The molecule has 7 heteroatoms. The monoisotopic (exact) mass is 522 g/mol. The van der Waals surface area contributed by atoms with Crippen LogP contribution in [0, 0.1) is 0 Å². The molecule has 0 radical (unpaired) electrons. The Morgan fingerprint density at radius 3 is 1.97 bits per heavy atom. The van der Waals surface area contributed by atoms with Crippen molar-refractivity contribution in [3.05, 3.63) is 69.7 Å². The summed E-state index contributed by atoms with van der Waals surface area (Å²) in [6.07, 6.45) is 5.52. The first-order chi connectivity index (χ1) is 16.9. The second kappa shape index (κ2) is 18.1. The number of carbonyl (C=O) groups excluding carboxylic acids is 3. The fraction of sp³-hybridized carbons (Fsp3) is 0.464. The Kier molecular flexibility index (Phi) is 17.0. The maximum absolute atomic E-state index is 13.0. The summed E-state index contributed by atoms with van der Waals surface area (Å²) in [4.78, 5) is 31.3. The minimum atomic E-state index is -0.141. The lowest BCUT2D eigenvalue weighted by Gasteiger charge is -2.46. The molecule has 1 heterocycles. The lowest BCUT2D eigenvalue weighted by atomic mass is 9.66. The number of rotatable bonds is 6. The van der Waals surface area contributed by atoms with E-state index in [1.54, 1.807) is 18.2 Å². The van der Waals surface area contributed by atoms with E-state index in [9.17, 15) is 4.79 Å².